The number of rotatable bonds is 6. The summed E-state index contributed by atoms with van der Waals surface area (Å²) >= 11 is 3.37. The largest absolute Gasteiger partial charge is 0.316 e. The van der Waals surface area contributed by atoms with E-state index in [1.165, 1.54) is 0 Å². The van der Waals surface area contributed by atoms with Crippen LogP contribution < -0.4 is 10.0 Å². The van der Waals surface area contributed by atoms with Crippen molar-refractivity contribution in [3.05, 3.63) is 27.7 Å². The van der Waals surface area contributed by atoms with Gasteiger partial charge in [0.1, 0.15) is 0 Å². The highest BCUT2D eigenvalue weighted by Gasteiger charge is 2.19. The van der Waals surface area contributed by atoms with Crippen molar-refractivity contribution in [2.45, 2.75) is 32.2 Å². The van der Waals surface area contributed by atoms with Gasteiger partial charge >= 0.3 is 0 Å². The van der Waals surface area contributed by atoms with Gasteiger partial charge < -0.3 is 5.32 Å². The Morgan fingerprint density at radius 3 is 2.47 bits per heavy atom. The number of sulfonamides is 1. The zero-order valence-electron chi connectivity index (χ0n) is 11.7. The highest BCUT2D eigenvalue weighted by atomic mass is 79.9. The van der Waals surface area contributed by atoms with Crippen LogP contribution in [-0.4, -0.2) is 22.0 Å². The highest BCUT2D eigenvalue weighted by molar-refractivity contribution is 9.10. The third-order valence-electron chi connectivity index (χ3n) is 2.63. The predicted molar refractivity (Wildman–Crippen MR) is 81.7 cm³/mol. The van der Waals surface area contributed by atoms with E-state index in [1.807, 2.05) is 33.9 Å². The van der Waals surface area contributed by atoms with Gasteiger partial charge in [0.2, 0.25) is 10.0 Å². The summed E-state index contributed by atoms with van der Waals surface area (Å²) in [6.45, 7) is 6.91. The maximum Gasteiger partial charge on any atom is 0.241 e. The minimum absolute atomic E-state index is 0.273. The first-order valence-corrected chi connectivity index (χ1v) is 8.49. The molecule has 19 heavy (non-hydrogen) atoms. The summed E-state index contributed by atoms with van der Waals surface area (Å²) in [6.07, 6.45) is 0. The Balaban J connectivity index is 3.17. The minimum atomic E-state index is -3.47. The number of halogens is 1. The van der Waals surface area contributed by atoms with Gasteiger partial charge in [-0.15, -0.1) is 0 Å². The van der Waals surface area contributed by atoms with E-state index in [0.717, 1.165) is 11.1 Å². The Morgan fingerprint density at radius 2 is 1.95 bits per heavy atom. The van der Waals surface area contributed by atoms with E-state index < -0.39 is 10.0 Å². The van der Waals surface area contributed by atoms with Gasteiger partial charge in [-0.3, -0.25) is 0 Å². The maximum atomic E-state index is 12.3. The van der Waals surface area contributed by atoms with Gasteiger partial charge in [0.05, 0.1) is 4.90 Å². The molecule has 0 saturated carbocycles. The lowest BCUT2D eigenvalue weighted by atomic mass is 10.1. The molecule has 0 atom stereocenters. The van der Waals surface area contributed by atoms with E-state index in [1.54, 1.807) is 6.07 Å². The van der Waals surface area contributed by atoms with Gasteiger partial charge in [-0.1, -0.05) is 19.9 Å². The molecule has 0 amide bonds. The Kier molecular flexibility index (Phi) is 5.98. The summed E-state index contributed by atoms with van der Waals surface area (Å²) in [5, 5.41) is 3.03. The highest BCUT2D eigenvalue weighted by Crippen LogP contribution is 2.27. The first kappa shape index (κ1) is 16.6. The van der Waals surface area contributed by atoms with Crippen LogP contribution in [-0.2, 0) is 16.6 Å². The molecule has 2 N–H and O–H groups in total. The molecule has 4 nitrogen and oxygen atoms in total. The lowest BCUT2D eigenvalue weighted by Gasteiger charge is -2.13. The first-order chi connectivity index (χ1) is 8.77. The van der Waals surface area contributed by atoms with Crippen molar-refractivity contribution >= 4 is 26.0 Å². The van der Waals surface area contributed by atoms with E-state index in [2.05, 4.69) is 26.0 Å². The lowest BCUT2D eigenvalue weighted by molar-refractivity contribution is 0.559. The molecule has 0 bridgehead atoms. The molecular formula is C13H21BrN2O2S. The van der Waals surface area contributed by atoms with Crippen molar-refractivity contribution in [1.82, 2.24) is 10.0 Å². The molecule has 1 aromatic carbocycles. The molecule has 0 aliphatic carbocycles. The summed E-state index contributed by atoms with van der Waals surface area (Å²) in [5.74, 6) is 0.273. The minimum Gasteiger partial charge on any atom is -0.316 e. The van der Waals surface area contributed by atoms with E-state index in [4.69, 9.17) is 0 Å². The molecular weight excluding hydrogens is 328 g/mol. The fourth-order valence-electron chi connectivity index (χ4n) is 1.67. The van der Waals surface area contributed by atoms with Gasteiger partial charge in [-0.05, 0) is 53.0 Å². The molecule has 108 valence electrons. The molecule has 0 heterocycles. The molecule has 0 saturated heterocycles. The van der Waals surface area contributed by atoms with E-state index in [9.17, 15) is 8.42 Å². The smallest absolute Gasteiger partial charge is 0.241 e. The van der Waals surface area contributed by atoms with Crippen molar-refractivity contribution in [3.8, 4) is 0 Å². The summed E-state index contributed by atoms with van der Waals surface area (Å²) in [6, 6.07) is 3.68. The fraction of sp³-hybridized carbons (Fsp3) is 0.538. The van der Waals surface area contributed by atoms with Gasteiger partial charge in [-0.2, -0.15) is 0 Å². The molecule has 0 aromatic heterocycles. The first-order valence-electron chi connectivity index (χ1n) is 6.21. The molecule has 1 rings (SSSR count). The SMILES string of the molecule is CNCc1cc(C)c(Br)c(S(=O)(=O)NCC(C)C)c1. The monoisotopic (exact) mass is 348 g/mol. The Morgan fingerprint density at radius 1 is 1.32 bits per heavy atom. The van der Waals surface area contributed by atoms with Crippen LogP contribution in [0, 0.1) is 12.8 Å². The van der Waals surface area contributed by atoms with Crippen molar-refractivity contribution < 1.29 is 8.42 Å². The Labute approximate surface area is 124 Å². The molecule has 1 aromatic rings. The molecule has 0 aliphatic heterocycles. The second-order valence-corrected chi connectivity index (χ2v) is 7.53. The van der Waals surface area contributed by atoms with E-state index in [0.29, 0.717) is 22.5 Å². The van der Waals surface area contributed by atoms with Gasteiger partial charge in [0, 0.05) is 17.6 Å². The Hall–Kier alpha value is -0.430. The number of benzene rings is 1. The third kappa shape index (κ3) is 4.56. The van der Waals surface area contributed by atoms with Crippen LogP contribution in [0.4, 0.5) is 0 Å². The van der Waals surface area contributed by atoms with Crippen LogP contribution in [0.5, 0.6) is 0 Å². The summed E-state index contributed by atoms with van der Waals surface area (Å²) in [7, 11) is -1.64. The van der Waals surface area contributed by atoms with Crippen molar-refractivity contribution in [3.63, 3.8) is 0 Å². The molecule has 0 radical (unpaired) electrons. The zero-order valence-corrected chi connectivity index (χ0v) is 14.2. The van der Waals surface area contributed by atoms with Crippen LogP contribution in [0.15, 0.2) is 21.5 Å². The van der Waals surface area contributed by atoms with Crippen molar-refractivity contribution in [1.29, 1.82) is 0 Å². The molecule has 0 spiro atoms. The molecule has 0 fully saturated rings. The predicted octanol–water partition coefficient (Wildman–Crippen LogP) is 2.41. The normalized spacial score (nSPS) is 12.1. The van der Waals surface area contributed by atoms with Crippen molar-refractivity contribution in [2.24, 2.45) is 5.92 Å². The van der Waals surface area contributed by atoms with Crippen LogP contribution in [0.2, 0.25) is 0 Å². The maximum absolute atomic E-state index is 12.3. The van der Waals surface area contributed by atoms with E-state index >= 15 is 0 Å². The zero-order chi connectivity index (χ0) is 14.6. The third-order valence-corrected chi connectivity index (χ3v) is 5.40. The summed E-state index contributed by atoms with van der Waals surface area (Å²) < 4.78 is 27.9. The van der Waals surface area contributed by atoms with Gasteiger partial charge in [0.15, 0.2) is 0 Å². The topological polar surface area (TPSA) is 58.2 Å². The van der Waals surface area contributed by atoms with Gasteiger partial charge in [-0.25, -0.2) is 13.1 Å². The van der Waals surface area contributed by atoms with Crippen LogP contribution in [0.3, 0.4) is 0 Å². The van der Waals surface area contributed by atoms with Crippen LogP contribution in [0.25, 0.3) is 0 Å². The number of hydrogen-bond donors (Lipinski definition) is 2. The second-order valence-electron chi connectivity index (χ2n) is 5.00. The number of aryl methyl sites for hydroxylation is 1. The number of hydrogen-bond acceptors (Lipinski definition) is 3. The standard InChI is InChI=1S/C13H21BrN2O2S/c1-9(2)7-16-19(17,18)12-6-11(8-15-4)5-10(3)13(12)14/h5-6,9,15-16H,7-8H2,1-4H3. The summed E-state index contributed by atoms with van der Waals surface area (Å²) in [4.78, 5) is 0.304. The van der Waals surface area contributed by atoms with Gasteiger partial charge in [0.25, 0.3) is 0 Å². The molecule has 0 unspecified atom stereocenters. The Bertz CT molecular complexity index is 542. The van der Waals surface area contributed by atoms with Crippen LogP contribution >= 0.6 is 15.9 Å². The second kappa shape index (κ2) is 6.83. The lowest BCUT2D eigenvalue weighted by Crippen LogP contribution is -2.28. The molecule has 0 aliphatic rings. The van der Waals surface area contributed by atoms with E-state index in [-0.39, 0.29) is 5.92 Å². The van der Waals surface area contributed by atoms with Crippen molar-refractivity contribution in [2.75, 3.05) is 13.6 Å². The molecule has 6 heteroatoms. The number of nitrogens with one attached hydrogen (secondary N) is 2. The quantitative estimate of drug-likeness (QED) is 0.829. The summed E-state index contributed by atoms with van der Waals surface area (Å²) in [5.41, 5.74) is 1.87. The van der Waals surface area contributed by atoms with Crippen LogP contribution in [0.1, 0.15) is 25.0 Å². The average molecular weight is 349 g/mol. The fourth-order valence-corrected chi connectivity index (χ4v) is 3.94. The average Bonchev–Trinajstić information content (AvgIpc) is 2.31.